The van der Waals surface area contributed by atoms with Crippen LogP contribution in [0.25, 0.3) is 0 Å². The van der Waals surface area contributed by atoms with Crippen LogP contribution in [0.1, 0.15) is 18.2 Å². The van der Waals surface area contributed by atoms with Crippen LogP contribution < -0.4 is 11.1 Å². The molecule has 4 nitrogen and oxygen atoms in total. The van der Waals surface area contributed by atoms with Crippen molar-refractivity contribution < 1.29 is 17.6 Å². The molecule has 1 aromatic carbocycles. The number of rotatable bonds is 3. The maximum absolute atomic E-state index is 13.2. The molecule has 0 aliphatic heterocycles. The van der Waals surface area contributed by atoms with Gasteiger partial charge in [0, 0.05) is 12.2 Å². The van der Waals surface area contributed by atoms with E-state index in [0.29, 0.717) is 29.8 Å². The molecule has 0 aliphatic carbocycles. The smallest absolute Gasteiger partial charge is 0.394 e. The average molecular weight is 302 g/mol. The van der Waals surface area contributed by atoms with Crippen LogP contribution in [0.3, 0.4) is 0 Å². The van der Waals surface area contributed by atoms with E-state index >= 15 is 0 Å². The average Bonchev–Trinajstić information content (AvgIpc) is 2.67. The van der Waals surface area contributed by atoms with E-state index in [1.807, 2.05) is 6.92 Å². The highest BCUT2D eigenvalue weighted by Crippen LogP contribution is 2.34. The van der Waals surface area contributed by atoms with Gasteiger partial charge in [-0.1, -0.05) is 0 Å². The quantitative estimate of drug-likeness (QED) is 0.850. The number of nitrogens with one attached hydrogen (secondary N) is 1. The first kappa shape index (κ1) is 15.1. The summed E-state index contributed by atoms with van der Waals surface area (Å²) in [5, 5.41) is 6.91. The van der Waals surface area contributed by atoms with Crippen LogP contribution in [0, 0.1) is 12.7 Å². The van der Waals surface area contributed by atoms with Crippen molar-refractivity contribution in [2.24, 2.45) is 0 Å². The van der Waals surface area contributed by atoms with Crippen molar-refractivity contribution in [3.63, 3.8) is 0 Å². The van der Waals surface area contributed by atoms with Crippen molar-refractivity contribution in [1.82, 2.24) is 9.78 Å². The molecule has 0 saturated heterocycles. The zero-order chi connectivity index (χ0) is 15.8. The van der Waals surface area contributed by atoms with E-state index in [9.17, 15) is 17.6 Å². The molecule has 1 heterocycles. The van der Waals surface area contributed by atoms with E-state index < -0.39 is 17.6 Å². The molecule has 3 N–H and O–H groups in total. The third-order valence-electron chi connectivity index (χ3n) is 3.01. The van der Waals surface area contributed by atoms with E-state index in [4.69, 9.17) is 5.73 Å². The van der Waals surface area contributed by atoms with Gasteiger partial charge in [-0.05, 0) is 32.0 Å². The Morgan fingerprint density at radius 2 is 2.00 bits per heavy atom. The van der Waals surface area contributed by atoms with Gasteiger partial charge in [-0.2, -0.15) is 18.3 Å². The van der Waals surface area contributed by atoms with Gasteiger partial charge in [-0.15, -0.1) is 0 Å². The molecule has 0 saturated carbocycles. The summed E-state index contributed by atoms with van der Waals surface area (Å²) >= 11 is 0. The Bertz CT molecular complexity index is 661. The van der Waals surface area contributed by atoms with Gasteiger partial charge >= 0.3 is 6.18 Å². The second-order valence-electron chi connectivity index (χ2n) is 4.48. The second-order valence-corrected chi connectivity index (χ2v) is 4.48. The van der Waals surface area contributed by atoms with Crippen molar-refractivity contribution in [2.75, 3.05) is 11.1 Å². The zero-order valence-electron chi connectivity index (χ0n) is 11.4. The Kier molecular flexibility index (Phi) is 3.80. The first-order chi connectivity index (χ1) is 9.74. The molecule has 2 rings (SSSR count). The van der Waals surface area contributed by atoms with E-state index in [0.717, 1.165) is 6.07 Å². The number of nitrogens with zero attached hydrogens (tertiary/aromatic N) is 2. The molecule has 2 aromatic rings. The Morgan fingerprint density at radius 1 is 1.33 bits per heavy atom. The number of aromatic nitrogens is 2. The molecule has 0 spiro atoms. The van der Waals surface area contributed by atoms with Gasteiger partial charge in [-0.3, -0.25) is 0 Å². The summed E-state index contributed by atoms with van der Waals surface area (Å²) in [6, 6.07) is 2.68. The van der Waals surface area contributed by atoms with Gasteiger partial charge in [0.2, 0.25) is 0 Å². The molecule has 8 heteroatoms. The molecule has 0 bridgehead atoms. The third-order valence-corrected chi connectivity index (χ3v) is 3.01. The van der Waals surface area contributed by atoms with Crippen LogP contribution in [-0.2, 0) is 12.7 Å². The summed E-state index contributed by atoms with van der Waals surface area (Å²) < 4.78 is 52.8. The van der Waals surface area contributed by atoms with Crippen molar-refractivity contribution in [1.29, 1.82) is 0 Å². The standard InChI is InChI=1S/C13H14F4N4/c1-3-21-12(11(18)7(2)20-21)19-8-4-5-10(14)9(6-8)13(15,16)17/h4-6,19H,3,18H2,1-2H3. The van der Waals surface area contributed by atoms with Crippen LogP contribution >= 0.6 is 0 Å². The number of halogens is 4. The minimum absolute atomic E-state index is 0.0880. The van der Waals surface area contributed by atoms with Gasteiger partial charge in [0.05, 0.1) is 16.9 Å². The monoisotopic (exact) mass is 302 g/mol. The maximum Gasteiger partial charge on any atom is 0.419 e. The summed E-state index contributed by atoms with van der Waals surface area (Å²) in [7, 11) is 0. The van der Waals surface area contributed by atoms with Crippen molar-refractivity contribution in [2.45, 2.75) is 26.6 Å². The molecule has 0 amide bonds. The van der Waals surface area contributed by atoms with Gasteiger partial charge in [0.1, 0.15) is 5.82 Å². The molecule has 0 unspecified atom stereocenters. The SMILES string of the molecule is CCn1nc(C)c(N)c1Nc1ccc(F)c(C(F)(F)F)c1. The largest absolute Gasteiger partial charge is 0.419 e. The first-order valence-electron chi connectivity index (χ1n) is 6.20. The summed E-state index contributed by atoms with van der Waals surface area (Å²) in [5.74, 6) is -0.934. The predicted molar refractivity (Wildman–Crippen MR) is 71.7 cm³/mol. The van der Waals surface area contributed by atoms with Crippen LogP contribution in [0.5, 0.6) is 0 Å². The highest BCUT2D eigenvalue weighted by Gasteiger charge is 2.34. The molecule has 0 aliphatic rings. The molecule has 21 heavy (non-hydrogen) atoms. The van der Waals surface area contributed by atoms with E-state index in [2.05, 4.69) is 10.4 Å². The van der Waals surface area contributed by atoms with Crippen LogP contribution in [0.4, 0.5) is 34.8 Å². The van der Waals surface area contributed by atoms with Gasteiger partial charge in [-0.25, -0.2) is 9.07 Å². The second kappa shape index (κ2) is 5.27. The molecule has 114 valence electrons. The fourth-order valence-corrected chi connectivity index (χ4v) is 1.91. The summed E-state index contributed by atoms with van der Waals surface area (Å²) in [6.45, 7) is 4.01. The van der Waals surface area contributed by atoms with Crippen molar-refractivity contribution >= 4 is 17.2 Å². The van der Waals surface area contributed by atoms with Gasteiger partial charge < -0.3 is 11.1 Å². The third kappa shape index (κ3) is 2.93. The number of nitrogen functional groups attached to an aromatic ring is 1. The lowest BCUT2D eigenvalue weighted by molar-refractivity contribution is -0.139. The first-order valence-corrected chi connectivity index (χ1v) is 6.20. The van der Waals surface area contributed by atoms with Gasteiger partial charge in [0.25, 0.3) is 0 Å². The lowest BCUT2D eigenvalue weighted by atomic mass is 10.2. The molecule has 0 fully saturated rings. The molecular weight excluding hydrogens is 288 g/mol. The number of hydrogen-bond donors (Lipinski definition) is 2. The predicted octanol–water partition coefficient (Wildman–Crippen LogP) is 3.70. The number of nitrogens with two attached hydrogens (primary N) is 1. The number of anilines is 3. The lowest BCUT2D eigenvalue weighted by Crippen LogP contribution is -2.10. The van der Waals surface area contributed by atoms with E-state index in [1.165, 1.54) is 10.7 Å². The fourth-order valence-electron chi connectivity index (χ4n) is 1.91. The summed E-state index contributed by atoms with van der Waals surface area (Å²) in [6.07, 6.45) is -4.76. The molecule has 0 atom stereocenters. The van der Waals surface area contributed by atoms with Crippen LogP contribution in [0.15, 0.2) is 18.2 Å². The number of benzene rings is 1. The summed E-state index contributed by atoms with van der Waals surface area (Å²) in [5.41, 5.74) is 5.51. The highest BCUT2D eigenvalue weighted by atomic mass is 19.4. The Balaban J connectivity index is 2.41. The maximum atomic E-state index is 13.2. The molecular formula is C13H14F4N4. The topological polar surface area (TPSA) is 55.9 Å². The Morgan fingerprint density at radius 3 is 2.57 bits per heavy atom. The van der Waals surface area contributed by atoms with Crippen molar-refractivity contribution in [3.05, 3.63) is 35.3 Å². The van der Waals surface area contributed by atoms with E-state index in [1.54, 1.807) is 6.92 Å². The normalized spacial score (nSPS) is 11.7. The zero-order valence-corrected chi connectivity index (χ0v) is 11.4. The van der Waals surface area contributed by atoms with Crippen LogP contribution in [-0.4, -0.2) is 9.78 Å². The number of hydrogen-bond acceptors (Lipinski definition) is 3. The molecule has 1 aromatic heterocycles. The Hall–Kier alpha value is -2.25. The number of aryl methyl sites for hydroxylation is 2. The van der Waals surface area contributed by atoms with Crippen LogP contribution in [0.2, 0.25) is 0 Å². The fraction of sp³-hybridized carbons (Fsp3) is 0.308. The van der Waals surface area contributed by atoms with E-state index in [-0.39, 0.29) is 5.69 Å². The highest BCUT2D eigenvalue weighted by molar-refractivity contribution is 5.71. The van der Waals surface area contributed by atoms with Gasteiger partial charge in [0.15, 0.2) is 5.82 Å². The minimum atomic E-state index is -4.76. The minimum Gasteiger partial charge on any atom is -0.394 e. The van der Waals surface area contributed by atoms with Crippen molar-refractivity contribution in [3.8, 4) is 0 Å². The lowest BCUT2D eigenvalue weighted by Gasteiger charge is -2.13. The molecule has 0 radical (unpaired) electrons. The number of alkyl halides is 3. The Labute approximate surface area is 118 Å². The summed E-state index contributed by atoms with van der Waals surface area (Å²) in [4.78, 5) is 0.